The molecule has 0 atom stereocenters. The van der Waals surface area contributed by atoms with Crippen molar-refractivity contribution in [3.05, 3.63) is 11.4 Å². The van der Waals surface area contributed by atoms with Crippen LogP contribution in [0.4, 0.5) is 0 Å². The summed E-state index contributed by atoms with van der Waals surface area (Å²) in [4.78, 5) is 10.6. The molecule has 1 aromatic rings. The molecule has 0 unspecified atom stereocenters. The second-order valence-electron chi connectivity index (χ2n) is 1.81. The van der Waals surface area contributed by atoms with Gasteiger partial charge in [-0.05, 0) is 6.92 Å². The topological polar surface area (TPSA) is 58.6 Å². The minimum atomic E-state index is -0.0544. The summed E-state index contributed by atoms with van der Waals surface area (Å²) < 4.78 is 0. The monoisotopic (exact) mass is 125 g/mol. The van der Waals surface area contributed by atoms with Gasteiger partial charge >= 0.3 is 0 Å². The minimum absolute atomic E-state index is 0.0544. The molecule has 0 saturated carbocycles. The normalized spacial score (nSPS) is 9.56. The molecule has 1 aromatic heterocycles. The third-order valence-corrected chi connectivity index (χ3v) is 1.06. The van der Waals surface area contributed by atoms with Gasteiger partial charge in [-0.15, -0.1) is 0 Å². The Morgan fingerprint density at radius 2 is 2.22 bits per heavy atom. The average Bonchev–Trinajstić information content (AvgIpc) is 2.13. The summed E-state index contributed by atoms with van der Waals surface area (Å²) in [5.41, 5.74) is 1.08. The van der Waals surface area contributed by atoms with Crippen molar-refractivity contribution in [2.75, 3.05) is 0 Å². The van der Waals surface area contributed by atoms with Crippen molar-refractivity contribution in [3.63, 3.8) is 0 Å². The fourth-order valence-corrected chi connectivity index (χ4v) is 0.617. The Hall–Kier alpha value is -1.19. The maximum atomic E-state index is 10.6. The Morgan fingerprint density at radius 3 is 2.44 bits per heavy atom. The smallest absolute Gasteiger partial charge is 0.181 e. The second kappa shape index (κ2) is 1.97. The lowest BCUT2D eigenvalue weighted by Crippen LogP contribution is -1.94. The molecule has 0 aliphatic heterocycles. The van der Waals surface area contributed by atoms with Gasteiger partial charge in [0.1, 0.15) is 0 Å². The maximum Gasteiger partial charge on any atom is 0.181 e. The first-order valence-electron chi connectivity index (χ1n) is 2.60. The lowest BCUT2D eigenvalue weighted by Gasteiger charge is -1.83. The number of aryl methyl sites for hydroxylation is 1. The van der Waals surface area contributed by atoms with Crippen LogP contribution < -0.4 is 0 Å². The molecular weight excluding hydrogens is 118 g/mol. The van der Waals surface area contributed by atoms with Crippen LogP contribution in [0.5, 0.6) is 0 Å². The number of ketones is 1. The first-order chi connectivity index (χ1) is 4.22. The molecule has 0 aliphatic rings. The zero-order valence-corrected chi connectivity index (χ0v) is 5.30. The van der Waals surface area contributed by atoms with Gasteiger partial charge < -0.3 is 0 Å². The van der Waals surface area contributed by atoms with E-state index in [-0.39, 0.29) is 5.78 Å². The van der Waals surface area contributed by atoms with Crippen LogP contribution in [-0.4, -0.2) is 21.2 Å². The van der Waals surface area contributed by atoms with Gasteiger partial charge in [-0.3, -0.25) is 4.79 Å². The highest BCUT2D eigenvalue weighted by Gasteiger charge is 2.05. The summed E-state index contributed by atoms with van der Waals surface area (Å²) >= 11 is 0. The number of hydrogen-bond donors (Lipinski definition) is 1. The van der Waals surface area contributed by atoms with Crippen LogP contribution in [0.15, 0.2) is 0 Å². The molecule has 48 valence electrons. The number of H-pyrrole nitrogens is 1. The van der Waals surface area contributed by atoms with Gasteiger partial charge in [-0.25, -0.2) is 0 Å². The van der Waals surface area contributed by atoms with Crippen LogP contribution in [0, 0.1) is 6.92 Å². The Morgan fingerprint density at radius 1 is 1.56 bits per heavy atom. The van der Waals surface area contributed by atoms with Crippen molar-refractivity contribution in [1.82, 2.24) is 15.4 Å². The SMILES string of the molecule is CC(=O)c1n[nH]nc1C. The molecule has 0 radical (unpaired) electrons. The van der Waals surface area contributed by atoms with Gasteiger partial charge in [-0.2, -0.15) is 15.4 Å². The zero-order valence-electron chi connectivity index (χ0n) is 5.30. The average molecular weight is 125 g/mol. The third kappa shape index (κ3) is 0.960. The van der Waals surface area contributed by atoms with Crippen LogP contribution in [0.1, 0.15) is 23.1 Å². The number of carbonyl (C=O) groups excluding carboxylic acids is 1. The molecule has 0 fully saturated rings. The summed E-state index contributed by atoms with van der Waals surface area (Å²) in [7, 11) is 0. The predicted octanol–water partition coefficient (Wildman–Crippen LogP) is 0.316. The van der Waals surface area contributed by atoms with Gasteiger partial charge in [0.25, 0.3) is 0 Å². The summed E-state index contributed by atoms with van der Waals surface area (Å²) in [6.45, 7) is 3.20. The molecular formula is C5H7N3O. The Balaban J connectivity index is 3.08. The van der Waals surface area contributed by atoms with Crippen LogP contribution in [0.2, 0.25) is 0 Å². The summed E-state index contributed by atoms with van der Waals surface area (Å²) in [5.74, 6) is -0.0544. The molecule has 0 aliphatic carbocycles. The minimum Gasteiger partial charge on any atom is -0.293 e. The first kappa shape index (κ1) is 5.94. The van der Waals surface area contributed by atoms with Gasteiger partial charge in [0.2, 0.25) is 0 Å². The van der Waals surface area contributed by atoms with Gasteiger partial charge in [0, 0.05) is 6.92 Å². The van der Waals surface area contributed by atoms with E-state index in [2.05, 4.69) is 15.4 Å². The molecule has 0 saturated heterocycles. The number of aromatic amines is 1. The van der Waals surface area contributed by atoms with E-state index in [0.717, 1.165) is 0 Å². The van der Waals surface area contributed by atoms with Crippen molar-refractivity contribution in [2.24, 2.45) is 0 Å². The Bertz CT molecular complexity index is 228. The number of nitrogens with one attached hydrogen (secondary N) is 1. The van der Waals surface area contributed by atoms with E-state index in [0.29, 0.717) is 11.4 Å². The number of nitrogens with zero attached hydrogens (tertiary/aromatic N) is 2. The standard InChI is InChI=1S/C5H7N3O/c1-3-5(4(2)9)7-8-6-3/h1-2H3,(H,6,7,8). The van der Waals surface area contributed by atoms with E-state index in [1.807, 2.05) is 0 Å². The van der Waals surface area contributed by atoms with E-state index >= 15 is 0 Å². The second-order valence-corrected chi connectivity index (χ2v) is 1.81. The summed E-state index contributed by atoms with van der Waals surface area (Å²) in [6, 6.07) is 0. The highest BCUT2D eigenvalue weighted by molar-refractivity contribution is 5.92. The van der Waals surface area contributed by atoms with Crippen molar-refractivity contribution in [1.29, 1.82) is 0 Å². The highest BCUT2D eigenvalue weighted by Crippen LogP contribution is 1.97. The molecule has 4 heteroatoms. The van der Waals surface area contributed by atoms with Gasteiger partial charge in [0.05, 0.1) is 5.69 Å². The van der Waals surface area contributed by atoms with E-state index in [1.165, 1.54) is 6.92 Å². The molecule has 4 nitrogen and oxygen atoms in total. The quantitative estimate of drug-likeness (QED) is 0.550. The summed E-state index contributed by atoms with van der Waals surface area (Å²) in [5, 5.41) is 9.67. The number of aromatic nitrogens is 3. The predicted molar refractivity (Wildman–Crippen MR) is 31.1 cm³/mol. The highest BCUT2D eigenvalue weighted by atomic mass is 16.1. The van der Waals surface area contributed by atoms with Crippen LogP contribution >= 0.6 is 0 Å². The number of Topliss-reactive ketones (excluding diaryl/α,β-unsaturated/α-hetero) is 1. The fourth-order valence-electron chi connectivity index (χ4n) is 0.617. The first-order valence-corrected chi connectivity index (χ1v) is 2.60. The van der Waals surface area contributed by atoms with Crippen LogP contribution in [0.25, 0.3) is 0 Å². The van der Waals surface area contributed by atoms with E-state index in [4.69, 9.17) is 0 Å². The largest absolute Gasteiger partial charge is 0.293 e. The van der Waals surface area contributed by atoms with Crippen molar-refractivity contribution in [2.45, 2.75) is 13.8 Å². The maximum absolute atomic E-state index is 10.6. The van der Waals surface area contributed by atoms with E-state index < -0.39 is 0 Å². The lowest BCUT2D eigenvalue weighted by molar-refractivity contribution is 0.101. The number of carbonyl (C=O) groups is 1. The van der Waals surface area contributed by atoms with Crippen molar-refractivity contribution >= 4 is 5.78 Å². The van der Waals surface area contributed by atoms with E-state index in [1.54, 1.807) is 6.92 Å². The molecule has 0 amide bonds. The molecule has 9 heavy (non-hydrogen) atoms. The van der Waals surface area contributed by atoms with E-state index in [9.17, 15) is 4.79 Å². The third-order valence-electron chi connectivity index (χ3n) is 1.06. The number of rotatable bonds is 1. The van der Waals surface area contributed by atoms with Crippen LogP contribution in [-0.2, 0) is 0 Å². The summed E-state index contributed by atoms with van der Waals surface area (Å²) in [6.07, 6.45) is 0. The van der Waals surface area contributed by atoms with Gasteiger partial charge in [0.15, 0.2) is 11.5 Å². The van der Waals surface area contributed by atoms with Crippen LogP contribution in [0.3, 0.4) is 0 Å². The lowest BCUT2D eigenvalue weighted by atomic mass is 10.3. The molecule has 1 N–H and O–H groups in total. The molecule has 1 rings (SSSR count). The zero-order chi connectivity index (χ0) is 6.85. The molecule has 0 aromatic carbocycles. The van der Waals surface area contributed by atoms with Gasteiger partial charge in [-0.1, -0.05) is 0 Å². The van der Waals surface area contributed by atoms with Crippen molar-refractivity contribution in [3.8, 4) is 0 Å². The Kier molecular flexibility index (Phi) is 1.30. The fraction of sp³-hybridized carbons (Fsp3) is 0.400. The van der Waals surface area contributed by atoms with Crippen molar-refractivity contribution < 1.29 is 4.79 Å². The molecule has 1 heterocycles. The number of hydrogen-bond acceptors (Lipinski definition) is 3. The molecule has 0 spiro atoms. The Labute approximate surface area is 52.3 Å². The molecule has 0 bridgehead atoms.